The van der Waals surface area contributed by atoms with Gasteiger partial charge in [-0.15, -0.1) is 0 Å². The number of ether oxygens (including phenoxy) is 1. The van der Waals surface area contributed by atoms with E-state index in [1.165, 1.54) is 0 Å². The normalized spacial score (nSPS) is 17.8. The van der Waals surface area contributed by atoms with Crippen LogP contribution in [0, 0.1) is 6.92 Å². The fraction of sp³-hybridized carbons (Fsp3) is 0.429. The van der Waals surface area contributed by atoms with Crippen molar-refractivity contribution >= 4 is 11.8 Å². The molecule has 1 heterocycles. The molecule has 1 unspecified atom stereocenters. The average Bonchev–Trinajstić information content (AvgIpc) is 2.61. The van der Waals surface area contributed by atoms with Gasteiger partial charge in [0.15, 0.2) is 5.78 Å². The SMILES string of the molecule is CCCCC(=O)C1C(=O)Oc2ccc(C)cc21. The second kappa shape index (κ2) is 4.70. The summed E-state index contributed by atoms with van der Waals surface area (Å²) in [4.78, 5) is 23.7. The minimum Gasteiger partial charge on any atom is -0.425 e. The predicted molar refractivity (Wildman–Crippen MR) is 64.1 cm³/mol. The molecule has 0 bridgehead atoms. The standard InChI is InChI=1S/C14H16O3/c1-3-4-5-11(15)13-10-8-9(2)6-7-12(10)17-14(13)16/h6-8,13H,3-5H2,1-2H3. The molecule has 1 aromatic carbocycles. The Labute approximate surface area is 101 Å². The van der Waals surface area contributed by atoms with Crippen LogP contribution >= 0.6 is 0 Å². The molecule has 0 fully saturated rings. The first-order valence-corrected chi connectivity index (χ1v) is 5.98. The van der Waals surface area contributed by atoms with Crippen molar-refractivity contribution in [2.45, 2.75) is 39.0 Å². The van der Waals surface area contributed by atoms with E-state index in [0.29, 0.717) is 12.2 Å². The summed E-state index contributed by atoms with van der Waals surface area (Å²) in [6.45, 7) is 3.97. The van der Waals surface area contributed by atoms with Crippen LogP contribution in [0.5, 0.6) is 5.75 Å². The summed E-state index contributed by atoms with van der Waals surface area (Å²) in [5.74, 6) is -0.611. The van der Waals surface area contributed by atoms with Crippen molar-refractivity contribution in [3.8, 4) is 5.75 Å². The number of fused-ring (bicyclic) bond motifs is 1. The highest BCUT2D eigenvalue weighted by atomic mass is 16.5. The Balaban J connectivity index is 2.27. The van der Waals surface area contributed by atoms with E-state index in [1.54, 1.807) is 6.07 Å². The van der Waals surface area contributed by atoms with E-state index < -0.39 is 11.9 Å². The van der Waals surface area contributed by atoms with Crippen LogP contribution in [0.1, 0.15) is 43.2 Å². The van der Waals surface area contributed by atoms with Gasteiger partial charge in [-0.3, -0.25) is 9.59 Å². The molecule has 0 radical (unpaired) electrons. The average molecular weight is 232 g/mol. The first-order valence-electron chi connectivity index (χ1n) is 5.98. The Hall–Kier alpha value is -1.64. The van der Waals surface area contributed by atoms with E-state index in [9.17, 15) is 9.59 Å². The molecule has 0 aliphatic carbocycles. The number of benzene rings is 1. The summed E-state index contributed by atoms with van der Waals surface area (Å²) in [6, 6.07) is 5.51. The minimum atomic E-state index is -0.698. The molecule has 17 heavy (non-hydrogen) atoms. The summed E-state index contributed by atoms with van der Waals surface area (Å²) in [5, 5.41) is 0. The Morgan fingerprint density at radius 2 is 2.18 bits per heavy atom. The Kier molecular flexibility index (Phi) is 3.27. The molecule has 0 saturated heterocycles. The summed E-state index contributed by atoms with van der Waals surface area (Å²) >= 11 is 0. The maximum atomic E-state index is 12.0. The lowest BCUT2D eigenvalue weighted by atomic mass is 9.92. The van der Waals surface area contributed by atoms with Crippen LogP contribution < -0.4 is 4.74 Å². The summed E-state index contributed by atoms with van der Waals surface area (Å²) in [5.41, 5.74) is 1.77. The van der Waals surface area contributed by atoms with Crippen LogP contribution in [0.3, 0.4) is 0 Å². The molecule has 1 aromatic rings. The van der Waals surface area contributed by atoms with Crippen LogP contribution in [-0.4, -0.2) is 11.8 Å². The van der Waals surface area contributed by atoms with Crippen molar-refractivity contribution < 1.29 is 14.3 Å². The number of hydrogen-bond acceptors (Lipinski definition) is 3. The minimum absolute atomic E-state index is 0.0267. The number of Topliss-reactive ketones (excluding diaryl/α,β-unsaturated/α-hetero) is 1. The molecule has 1 atom stereocenters. The molecule has 0 N–H and O–H groups in total. The maximum Gasteiger partial charge on any atom is 0.326 e. The van der Waals surface area contributed by atoms with Gasteiger partial charge in [-0.25, -0.2) is 0 Å². The van der Waals surface area contributed by atoms with E-state index in [4.69, 9.17) is 4.74 Å². The molecule has 0 aromatic heterocycles. The number of unbranched alkanes of at least 4 members (excludes halogenated alkanes) is 1. The molecule has 3 nitrogen and oxygen atoms in total. The van der Waals surface area contributed by atoms with E-state index in [-0.39, 0.29) is 5.78 Å². The smallest absolute Gasteiger partial charge is 0.326 e. The second-order valence-corrected chi connectivity index (χ2v) is 4.47. The Morgan fingerprint density at radius 3 is 2.88 bits per heavy atom. The van der Waals surface area contributed by atoms with Crippen molar-refractivity contribution in [2.24, 2.45) is 0 Å². The zero-order valence-electron chi connectivity index (χ0n) is 10.2. The number of carbonyl (C=O) groups is 2. The number of carbonyl (C=O) groups excluding carboxylic acids is 2. The molecule has 0 saturated carbocycles. The van der Waals surface area contributed by atoms with Gasteiger partial charge < -0.3 is 4.74 Å². The molecule has 0 spiro atoms. The van der Waals surface area contributed by atoms with E-state index in [1.807, 2.05) is 26.0 Å². The highest BCUT2D eigenvalue weighted by Gasteiger charge is 2.37. The fourth-order valence-electron chi connectivity index (χ4n) is 2.08. The quantitative estimate of drug-likeness (QED) is 0.455. The number of hydrogen-bond donors (Lipinski definition) is 0. The van der Waals surface area contributed by atoms with Crippen LogP contribution in [0.4, 0.5) is 0 Å². The topological polar surface area (TPSA) is 43.4 Å². The fourth-order valence-corrected chi connectivity index (χ4v) is 2.08. The summed E-state index contributed by atoms with van der Waals surface area (Å²) in [7, 11) is 0. The van der Waals surface area contributed by atoms with Gasteiger partial charge in [-0.2, -0.15) is 0 Å². The van der Waals surface area contributed by atoms with Crippen molar-refractivity contribution in [1.29, 1.82) is 0 Å². The highest BCUT2D eigenvalue weighted by molar-refractivity contribution is 6.08. The Bertz CT molecular complexity index is 463. The van der Waals surface area contributed by atoms with Crippen LogP contribution in [0.25, 0.3) is 0 Å². The number of aryl methyl sites for hydroxylation is 1. The molecule has 90 valence electrons. The predicted octanol–water partition coefficient (Wildman–Crippen LogP) is 2.76. The Morgan fingerprint density at radius 1 is 1.41 bits per heavy atom. The maximum absolute atomic E-state index is 12.0. The number of ketones is 1. The van der Waals surface area contributed by atoms with Crippen LogP contribution in [0.15, 0.2) is 18.2 Å². The largest absolute Gasteiger partial charge is 0.425 e. The molecule has 0 amide bonds. The van der Waals surface area contributed by atoms with Gasteiger partial charge >= 0.3 is 5.97 Å². The highest BCUT2D eigenvalue weighted by Crippen LogP contribution is 2.36. The molecule has 3 heteroatoms. The number of rotatable bonds is 4. The van der Waals surface area contributed by atoms with Crippen molar-refractivity contribution in [2.75, 3.05) is 0 Å². The third-order valence-corrected chi connectivity index (χ3v) is 3.02. The van der Waals surface area contributed by atoms with Gasteiger partial charge in [-0.1, -0.05) is 31.0 Å². The zero-order chi connectivity index (χ0) is 12.4. The van der Waals surface area contributed by atoms with Gasteiger partial charge in [0.2, 0.25) is 0 Å². The molecule has 1 aliphatic rings. The lowest BCUT2D eigenvalue weighted by Crippen LogP contribution is -2.19. The molecular weight excluding hydrogens is 216 g/mol. The van der Waals surface area contributed by atoms with Gasteiger partial charge in [0.25, 0.3) is 0 Å². The summed E-state index contributed by atoms with van der Waals surface area (Å²) in [6.07, 6.45) is 2.22. The van der Waals surface area contributed by atoms with Crippen LogP contribution in [0.2, 0.25) is 0 Å². The van der Waals surface area contributed by atoms with Crippen molar-refractivity contribution in [3.63, 3.8) is 0 Å². The molecule has 2 rings (SSSR count). The van der Waals surface area contributed by atoms with E-state index >= 15 is 0 Å². The summed E-state index contributed by atoms with van der Waals surface area (Å²) < 4.78 is 5.12. The lowest BCUT2D eigenvalue weighted by Gasteiger charge is -2.06. The molecule has 1 aliphatic heterocycles. The first kappa shape index (κ1) is 11.8. The van der Waals surface area contributed by atoms with Gasteiger partial charge in [0, 0.05) is 12.0 Å². The van der Waals surface area contributed by atoms with E-state index in [0.717, 1.165) is 24.0 Å². The monoisotopic (exact) mass is 232 g/mol. The van der Waals surface area contributed by atoms with Gasteiger partial charge in [0.05, 0.1) is 0 Å². The number of esters is 1. The van der Waals surface area contributed by atoms with Crippen molar-refractivity contribution in [1.82, 2.24) is 0 Å². The zero-order valence-corrected chi connectivity index (χ0v) is 10.2. The van der Waals surface area contributed by atoms with Gasteiger partial charge in [0.1, 0.15) is 11.7 Å². The first-order chi connectivity index (χ1) is 8.13. The van der Waals surface area contributed by atoms with Crippen LogP contribution in [-0.2, 0) is 9.59 Å². The third-order valence-electron chi connectivity index (χ3n) is 3.02. The third kappa shape index (κ3) is 2.23. The second-order valence-electron chi connectivity index (χ2n) is 4.47. The van der Waals surface area contributed by atoms with Crippen molar-refractivity contribution in [3.05, 3.63) is 29.3 Å². The molecular formula is C14H16O3. The lowest BCUT2D eigenvalue weighted by molar-refractivity contribution is -0.138. The van der Waals surface area contributed by atoms with Gasteiger partial charge in [-0.05, 0) is 19.4 Å². The van der Waals surface area contributed by atoms with E-state index in [2.05, 4.69) is 0 Å².